The Kier molecular flexibility index (Phi) is 6.70. The maximum Gasteiger partial charge on any atom is 0.253 e. The summed E-state index contributed by atoms with van der Waals surface area (Å²) < 4.78 is 11.1. The van der Waals surface area contributed by atoms with Gasteiger partial charge in [0.2, 0.25) is 0 Å². The Hall–Kier alpha value is -1.59. The van der Waals surface area contributed by atoms with Crippen molar-refractivity contribution in [2.45, 2.75) is 57.2 Å². The number of ether oxygens (including phenoxy) is 2. The number of hydrogen-bond donors (Lipinski definition) is 1. The van der Waals surface area contributed by atoms with Gasteiger partial charge in [-0.05, 0) is 30.5 Å². The number of nitrogens with one attached hydrogen (secondary N) is 1. The second-order valence-corrected chi connectivity index (χ2v) is 7.03. The van der Waals surface area contributed by atoms with Crippen molar-refractivity contribution in [2.24, 2.45) is 0 Å². The quantitative estimate of drug-likeness (QED) is 0.833. The van der Waals surface area contributed by atoms with Crippen LogP contribution < -0.4 is 10.1 Å². The van der Waals surface area contributed by atoms with E-state index >= 15 is 0 Å². The highest BCUT2D eigenvalue weighted by Gasteiger charge is 2.31. The number of rotatable bonds is 5. The van der Waals surface area contributed by atoms with Gasteiger partial charge >= 0.3 is 0 Å². The van der Waals surface area contributed by atoms with E-state index in [4.69, 9.17) is 9.47 Å². The van der Waals surface area contributed by atoms with Gasteiger partial charge in [0, 0.05) is 25.7 Å². The molecule has 1 aromatic carbocycles. The molecule has 1 heterocycles. The molecule has 2 fully saturated rings. The first-order chi connectivity index (χ1) is 12.3. The summed E-state index contributed by atoms with van der Waals surface area (Å²) in [5, 5.41) is 3.28. The summed E-state index contributed by atoms with van der Waals surface area (Å²) in [6.07, 6.45) is 6.79. The van der Waals surface area contributed by atoms with E-state index < -0.39 is 0 Å². The standard InChI is InChI=1S/C20H30N2O3/c1-24-18-10-6-7-16(13-18)15-22(17-8-4-2-3-5-9-17)20(23)19-14-21-11-12-25-19/h6-7,10,13,17,19,21H,2-5,8-9,11-12,14-15H2,1H3/t19-/m0/s1. The van der Waals surface area contributed by atoms with Crippen LogP contribution in [-0.2, 0) is 16.1 Å². The zero-order valence-electron chi connectivity index (χ0n) is 15.2. The zero-order chi connectivity index (χ0) is 17.5. The van der Waals surface area contributed by atoms with E-state index in [1.165, 1.54) is 25.7 Å². The number of nitrogens with zero attached hydrogens (tertiary/aromatic N) is 1. The van der Waals surface area contributed by atoms with Gasteiger partial charge in [-0.3, -0.25) is 4.79 Å². The predicted molar refractivity (Wildman–Crippen MR) is 97.6 cm³/mol. The fourth-order valence-corrected chi connectivity index (χ4v) is 3.83. The Morgan fingerprint density at radius 1 is 1.28 bits per heavy atom. The molecule has 0 radical (unpaired) electrons. The summed E-state index contributed by atoms with van der Waals surface area (Å²) in [7, 11) is 1.68. The van der Waals surface area contributed by atoms with E-state index in [0.29, 0.717) is 25.7 Å². The number of amides is 1. The van der Waals surface area contributed by atoms with Crippen LogP contribution in [0.5, 0.6) is 5.75 Å². The Balaban J connectivity index is 1.78. The lowest BCUT2D eigenvalue weighted by Crippen LogP contribution is -2.52. The molecule has 1 saturated heterocycles. The molecule has 138 valence electrons. The van der Waals surface area contributed by atoms with Crippen LogP contribution in [0.3, 0.4) is 0 Å². The van der Waals surface area contributed by atoms with Crippen molar-refractivity contribution >= 4 is 5.91 Å². The van der Waals surface area contributed by atoms with Crippen LogP contribution >= 0.6 is 0 Å². The van der Waals surface area contributed by atoms with Gasteiger partial charge < -0.3 is 19.7 Å². The normalized spacial score (nSPS) is 22.2. The van der Waals surface area contributed by atoms with E-state index in [9.17, 15) is 4.79 Å². The van der Waals surface area contributed by atoms with Crippen LogP contribution in [0.4, 0.5) is 0 Å². The van der Waals surface area contributed by atoms with Gasteiger partial charge in [0.15, 0.2) is 0 Å². The number of benzene rings is 1. The summed E-state index contributed by atoms with van der Waals surface area (Å²) in [5.41, 5.74) is 1.11. The van der Waals surface area contributed by atoms with Crippen molar-refractivity contribution < 1.29 is 14.3 Å². The fourth-order valence-electron chi connectivity index (χ4n) is 3.83. The molecule has 5 nitrogen and oxygen atoms in total. The molecule has 0 bridgehead atoms. The third-order valence-corrected chi connectivity index (χ3v) is 5.24. The van der Waals surface area contributed by atoms with E-state index in [-0.39, 0.29) is 12.0 Å². The lowest BCUT2D eigenvalue weighted by Gasteiger charge is -2.35. The monoisotopic (exact) mass is 346 g/mol. The average molecular weight is 346 g/mol. The zero-order valence-corrected chi connectivity index (χ0v) is 15.2. The van der Waals surface area contributed by atoms with Gasteiger partial charge in [-0.25, -0.2) is 0 Å². The second kappa shape index (κ2) is 9.20. The van der Waals surface area contributed by atoms with E-state index in [1.54, 1.807) is 7.11 Å². The summed E-state index contributed by atoms with van der Waals surface area (Å²) >= 11 is 0. The maximum absolute atomic E-state index is 13.2. The van der Waals surface area contributed by atoms with Gasteiger partial charge in [-0.15, -0.1) is 0 Å². The van der Waals surface area contributed by atoms with Gasteiger partial charge in [-0.1, -0.05) is 37.8 Å². The number of carbonyl (C=O) groups is 1. The molecule has 25 heavy (non-hydrogen) atoms. The van der Waals surface area contributed by atoms with Crippen molar-refractivity contribution in [3.63, 3.8) is 0 Å². The Labute approximate surface area is 150 Å². The minimum Gasteiger partial charge on any atom is -0.497 e. The molecule has 1 aromatic rings. The molecule has 0 spiro atoms. The van der Waals surface area contributed by atoms with E-state index in [0.717, 1.165) is 30.7 Å². The SMILES string of the molecule is COc1cccc(CN(C(=O)[C@@H]2CNCCO2)C2CCCCCC2)c1. The highest BCUT2D eigenvalue weighted by molar-refractivity contribution is 5.81. The average Bonchev–Trinajstić information content (AvgIpc) is 2.96. The summed E-state index contributed by atoms with van der Waals surface area (Å²) in [4.78, 5) is 15.3. The number of carbonyl (C=O) groups excluding carboxylic acids is 1. The van der Waals surface area contributed by atoms with Crippen molar-refractivity contribution in [2.75, 3.05) is 26.8 Å². The van der Waals surface area contributed by atoms with Crippen molar-refractivity contribution in [3.8, 4) is 5.75 Å². The molecule has 1 aliphatic carbocycles. The Morgan fingerprint density at radius 3 is 2.76 bits per heavy atom. The minimum atomic E-state index is -0.359. The molecule has 2 aliphatic rings. The first kappa shape index (κ1) is 18.2. The smallest absolute Gasteiger partial charge is 0.253 e. The largest absolute Gasteiger partial charge is 0.497 e. The molecule has 3 rings (SSSR count). The highest BCUT2D eigenvalue weighted by atomic mass is 16.5. The second-order valence-electron chi connectivity index (χ2n) is 7.03. The molecule has 5 heteroatoms. The van der Waals surface area contributed by atoms with Crippen LogP contribution in [0, 0.1) is 0 Å². The van der Waals surface area contributed by atoms with Gasteiger partial charge in [-0.2, -0.15) is 0 Å². The van der Waals surface area contributed by atoms with Crippen LogP contribution in [0.2, 0.25) is 0 Å². The van der Waals surface area contributed by atoms with Crippen LogP contribution in [0.1, 0.15) is 44.1 Å². The third kappa shape index (κ3) is 4.95. The Bertz CT molecular complexity index is 550. The van der Waals surface area contributed by atoms with E-state index in [2.05, 4.69) is 16.3 Å². The molecule has 0 unspecified atom stereocenters. The molecule has 1 atom stereocenters. The molecule has 1 aliphatic heterocycles. The molecule has 1 amide bonds. The van der Waals surface area contributed by atoms with Gasteiger partial charge in [0.05, 0.1) is 13.7 Å². The molecular formula is C20H30N2O3. The van der Waals surface area contributed by atoms with Crippen molar-refractivity contribution in [1.82, 2.24) is 10.2 Å². The van der Waals surface area contributed by atoms with Gasteiger partial charge in [0.25, 0.3) is 5.91 Å². The minimum absolute atomic E-state index is 0.127. The lowest BCUT2D eigenvalue weighted by atomic mass is 10.0. The summed E-state index contributed by atoms with van der Waals surface area (Å²) in [6.45, 7) is 2.66. The number of morpholine rings is 1. The molecule has 1 saturated carbocycles. The maximum atomic E-state index is 13.2. The first-order valence-corrected chi connectivity index (χ1v) is 9.53. The summed E-state index contributed by atoms with van der Waals surface area (Å²) in [5.74, 6) is 0.961. The number of hydrogen-bond acceptors (Lipinski definition) is 4. The van der Waals surface area contributed by atoms with Gasteiger partial charge in [0.1, 0.15) is 11.9 Å². The van der Waals surface area contributed by atoms with Crippen molar-refractivity contribution in [1.29, 1.82) is 0 Å². The predicted octanol–water partition coefficient (Wildman–Crippen LogP) is 2.74. The van der Waals surface area contributed by atoms with Crippen molar-refractivity contribution in [3.05, 3.63) is 29.8 Å². The first-order valence-electron chi connectivity index (χ1n) is 9.53. The third-order valence-electron chi connectivity index (χ3n) is 5.24. The molecule has 0 aromatic heterocycles. The topological polar surface area (TPSA) is 50.8 Å². The van der Waals surface area contributed by atoms with Crippen LogP contribution in [0.25, 0.3) is 0 Å². The number of methoxy groups -OCH3 is 1. The van der Waals surface area contributed by atoms with Crippen LogP contribution in [0.15, 0.2) is 24.3 Å². The van der Waals surface area contributed by atoms with E-state index in [1.807, 2.05) is 18.2 Å². The molecular weight excluding hydrogens is 316 g/mol. The lowest BCUT2D eigenvalue weighted by molar-refractivity contribution is -0.148. The molecule has 1 N–H and O–H groups in total. The van der Waals surface area contributed by atoms with Crippen LogP contribution in [-0.4, -0.2) is 49.8 Å². The Morgan fingerprint density at radius 2 is 2.08 bits per heavy atom. The highest BCUT2D eigenvalue weighted by Crippen LogP contribution is 2.25. The fraction of sp³-hybridized carbons (Fsp3) is 0.650. The summed E-state index contributed by atoms with van der Waals surface area (Å²) in [6, 6.07) is 8.33.